The molecular weight excluding hydrogens is 340 g/mol. The molecule has 2 aromatic rings. The lowest BCUT2D eigenvalue weighted by molar-refractivity contribution is -0.123. The molecule has 0 radical (unpaired) electrons. The number of amides is 2. The zero-order valence-electron chi connectivity index (χ0n) is 12.0. The van der Waals surface area contributed by atoms with Crippen LogP contribution in [0.25, 0.3) is 0 Å². The molecule has 1 aromatic heterocycles. The summed E-state index contributed by atoms with van der Waals surface area (Å²) in [5.74, 6) is -1.67. The number of carbonyl (C=O) groups excluding carboxylic acids is 3. The number of hydrogen-bond acceptors (Lipinski definition) is 5. The molecule has 0 saturated heterocycles. The number of halogens is 1. The Morgan fingerprint density at radius 3 is 2.35 bits per heavy atom. The molecule has 0 aliphatic heterocycles. The number of anilines is 1. The van der Waals surface area contributed by atoms with Crippen molar-refractivity contribution in [3.63, 3.8) is 0 Å². The molecule has 2 amide bonds. The summed E-state index contributed by atoms with van der Waals surface area (Å²) in [4.78, 5) is 35.1. The average molecular weight is 353 g/mol. The van der Waals surface area contributed by atoms with Gasteiger partial charge in [-0.2, -0.15) is 0 Å². The predicted molar refractivity (Wildman–Crippen MR) is 87.8 cm³/mol. The first kappa shape index (κ1) is 17.0. The lowest BCUT2D eigenvalue weighted by Gasteiger charge is -2.13. The third-order valence-electron chi connectivity index (χ3n) is 2.86. The van der Waals surface area contributed by atoms with E-state index in [1.165, 1.54) is 37.3 Å². The van der Waals surface area contributed by atoms with Crippen molar-refractivity contribution in [2.24, 2.45) is 5.73 Å². The fraction of sp³-hybridized carbons (Fsp3) is 0.133. The molecule has 23 heavy (non-hydrogen) atoms. The maximum Gasteiger partial charge on any atom is 0.349 e. The molecule has 0 unspecified atom stereocenters. The first-order valence-corrected chi connectivity index (χ1v) is 7.73. The highest BCUT2D eigenvalue weighted by atomic mass is 35.5. The van der Waals surface area contributed by atoms with Crippen molar-refractivity contribution in [2.75, 3.05) is 5.32 Å². The van der Waals surface area contributed by atoms with Crippen LogP contribution in [0.15, 0.2) is 36.4 Å². The molecule has 0 fully saturated rings. The molecule has 8 heteroatoms. The molecule has 0 spiro atoms. The number of carbonyl (C=O) groups is 3. The Balaban J connectivity index is 1.94. The van der Waals surface area contributed by atoms with E-state index in [0.717, 1.165) is 11.3 Å². The number of thiophene rings is 1. The predicted octanol–water partition coefficient (Wildman–Crippen LogP) is 2.68. The zero-order valence-corrected chi connectivity index (χ0v) is 13.6. The van der Waals surface area contributed by atoms with Gasteiger partial charge in [0.25, 0.3) is 5.91 Å². The van der Waals surface area contributed by atoms with E-state index in [-0.39, 0.29) is 0 Å². The van der Waals surface area contributed by atoms with Crippen molar-refractivity contribution in [1.82, 2.24) is 0 Å². The Kier molecular flexibility index (Phi) is 5.36. The van der Waals surface area contributed by atoms with Crippen LogP contribution in [0.2, 0.25) is 4.34 Å². The summed E-state index contributed by atoms with van der Waals surface area (Å²) < 4.78 is 5.53. The third kappa shape index (κ3) is 4.54. The molecule has 1 aromatic carbocycles. The van der Waals surface area contributed by atoms with Gasteiger partial charge in [0.15, 0.2) is 6.10 Å². The van der Waals surface area contributed by atoms with Gasteiger partial charge in [0.05, 0.1) is 4.34 Å². The molecule has 1 heterocycles. The highest BCUT2D eigenvalue weighted by molar-refractivity contribution is 7.17. The lowest BCUT2D eigenvalue weighted by atomic mass is 10.2. The molecule has 0 aliphatic carbocycles. The Morgan fingerprint density at radius 1 is 1.17 bits per heavy atom. The third-order valence-corrected chi connectivity index (χ3v) is 4.08. The lowest BCUT2D eigenvalue weighted by Crippen LogP contribution is -2.29. The minimum Gasteiger partial charge on any atom is -0.448 e. The van der Waals surface area contributed by atoms with E-state index in [9.17, 15) is 14.4 Å². The summed E-state index contributed by atoms with van der Waals surface area (Å²) in [6.07, 6.45) is -0.987. The summed E-state index contributed by atoms with van der Waals surface area (Å²) in [5.41, 5.74) is 5.92. The number of esters is 1. The first-order valence-electron chi connectivity index (χ1n) is 6.54. The van der Waals surface area contributed by atoms with Gasteiger partial charge in [0.1, 0.15) is 4.88 Å². The molecular formula is C15H13ClN2O4S. The summed E-state index contributed by atoms with van der Waals surface area (Å²) in [7, 11) is 0. The Bertz CT molecular complexity index is 742. The van der Waals surface area contributed by atoms with E-state index in [0.29, 0.717) is 20.5 Å². The molecule has 0 aliphatic rings. The van der Waals surface area contributed by atoms with Gasteiger partial charge in [0.2, 0.25) is 5.91 Å². The van der Waals surface area contributed by atoms with Crippen LogP contribution in [0.3, 0.4) is 0 Å². The Hall–Kier alpha value is -2.38. The molecule has 3 N–H and O–H groups in total. The smallest absolute Gasteiger partial charge is 0.349 e. The summed E-state index contributed by atoms with van der Waals surface area (Å²) in [6.45, 7) is 1.46. The van der Waals surface area contributed by atoms with E-state index in [1.54, 1.807) is 6.07 Å². The number of nitrogens with two attached hydrogens (primary N) is 1. The van der Waals surface area contributed by atoms with Gasteiger partial charge in [-0.25, -0.2) is 4.79 Å². The normalized spacial score (nSPS) is 11.6. The average Bonchev–Trinajstić information content (AvgIpc) is 2.94. The molecule has 0 saturated carbocycles. The summed E-state index contributed by atoms with van der Waals surface area (Å²) >= 11 is 6.82. The monoisotopic (exact) mass is 352 g/mol. The van der Waals surface area contributed by atoms with Gasteiger partial charge in [0, 0.05) is 11.3 Å². The van der Waals surface area contributed by atoms with Crippen molar-refractivity contribution < 1.29 is 19.1 Å². The van der Waals surface area contributed by atoms with Crippen molar-refractivity contribution in [3.05, 3.63) is 51.2 Å². The van der Waals surface area contributed by atoms with Crippen LogP contribution in [-0.4, -0.2) is 23.9 Å². The number of primary amides is 1. The topological polar surface area (TPSA) is 98.5 Å². The number of hydrogen-bond donors (Lipinski definition) is 2. The minimum atomic E-state index is -0.987. The summed E-state index contributed by atoms with van der Waals surface area (Å²) in [5, 5.41) is 2.58. The fourth-order valence-electron chi connectivity index (χ4n) is 1.66. The van der Waals surface area contributed by atoms with E-state index in [4.69, 9.17) is 22.1 Å². The van der Waals surface area contributed by atoms with Crippen molar-refractivity contribution in [3.8, 4) is 0 Å². The fourth-order valence-corrected chi connectivity index (χ4v) is 2.58. The number of nitrogens with one attached hydrogen (secondary N) is 1. The second-order valence-corrected chi connectivity index (χ2v) is 6.30. The van der Waals surface area contributed by atoms with Gasteiger partial charge in [-0.05, 0) is 43.3 Å². The van der Waals surface area contributed by atoms with Crippen molar-refractivity contribution in [1.29, 1.82) is 0 Å². The molecule has 120 valence electrons. The van der Waals surface area contributed by atoms with Crippen LogP contribution in [-0.2, 0) is 9.53 Å². The van der Waals surface area contributed by atoms with Gasteiger partial charge in [-0.15, -0.1) is 11.3 Å². The molecule has 1 atom stereocenters. The highest BCUT2D eigenvalue weighted by Crippen LogP contribution is 2.22. The largest absolute Gasteiger partial charge is 0.448 e. The molecule has 6 nitrogen and oxygen atoms in total. The second-order valence-electron chi connectivity index (χ2n) is 4.58. The maximum atomic E-state index is 12.0. The SMILES string of the molecule is C[C@@H](OC(=O)c1ccc(Cl)s1)C(=O)Nc1ccc(C(N)=O)cc1. The van der Waals surface area contributed by atoms with Crippen LogP contribution in [0.5, 0.6) is 0 Å². The van der Waals surface area contributed by atoms with E-state index in [2.05, 4.69) is 5.32 Å². The van der Waals surface area contributed by atoms with Crippen LogP contribution in [0.4, 0.5) is 5.69 Å². The van der Waals surface area contributed by atoms with Crippen molar-refractivity contribution >= 4 is 46.4 Å². The quantitative estimate of drug-likeness (QED) is 0.808. The first-order chi connectivity index (χ1) is 10.9. The van der Waals surface area contributed by atoms with Crippen LogP contribution < -0.4 is 11.1 Å². The van der Waals surface area contributed by atoms with E-state index in [1.807, 2.05) is 0 Å². The number of ether oxygens (including phenoxy) is 1. The second kappa shape index (κ2) is 7.26. The van der Waals surface area contributed by atoms with E-state index < -0.39 is 23.9 Å². The number of benzene rings is 1. The zero-order chi connectivity index (χ0) is 17.0. The summed E-state index contributed by atoms with van der Waals surface area (Å²) in [6, 6.07) is 9.15. The van der Waals surface area contributed by atoms with Gasteiger partial charge in [-0.1, -0.05) is 11.6 Å². The molecule has 2 rings (SSSR count). The van der Waals surface area contributed by atoms with Crippen molar-refractivity contribution in [2.45, 2.75) is 13.0 Å². The Labute approximate surface area is 141 Å². The number of rotatable bonds is 5. The standard InChI is InChI=1S/C15H13ClN2O4S/c1-8(22-15(21)11-6-7-12(16)23-11)14(20)18-10-4-2-9(3-5-10)13(17)19/h2-8H,1H3,(H2,17,19)(H,18,20)/t8-/m1/s1. The Morgan fingerprint density at radius 2 is 1.83 bits per heavy atom. The van der Waals surface area contributed by atoms with Crippen LogP contribution >= 0.6 is 22.9 Å². The molecule has 0 bridgehead atoms. The van der Waals surface area contributed by atoms with Crippen LogP contribution in [0, 0.1) is 0 Å². The minimum absolute atomic E-state index is 0.320. The van der Waals surface area contributed by atoms with Gasteiger partial charge >= 0.3 is 5.97 Å². The maximum absolute atomic E-state index is 12.0. The van der Waals surface area contributed by atoms with Gasteiger partial charge < -0.3 is 15.8 Å². The van der Waals surface area contributed by atoms with E-state index >= 15 is 0 Å². The highest BCUT2D eigenvalue weighted by Gasteiger charge is 2.20. The van der Waals surface area contributed by atoms with Gasteiger partial charge in [-0.3, -0.25) is 9.59 Å². The van der Waals surface area contributed by atoms with Crippen LogP contribution in [0.1, 0.15) is 27.0 Å².